The van der Waals surface area contributed by atoms with Crippen molar-refractivity contribution in [3.63, 3.8) is 0 Å². The fourth-order valence-corrected chi connectivity index (χ4v) is 6.35. The Hall–Kier alpha value is -3.16. The molecule has 0 bridgehead atoms. The summed E-state index contributed by atoms with van der Waals surface area (Å²) < 4.78 is 18.4. The van der Waals surface area contributed by atoms with E-state index in [0.29, 0.717) is 37.4 Å². The van der Waals surface area contributed by atoms with Crippen LogP contribution in [0.5, 0.6) is 0 Å². The van der Waals surface area contributed by atoms with Crippen LogP contribution in [0.4, 0.5) is 0 Å². The normalized spacial score (nSPS) is 33.5. The summed E-state index contributed by atoms with van der Waals surface area (Å²) in [6, 6.07) is 11.0. The molecule has 1 aromatic heterocycles. The standard InChI is InChI=1S/C34H40N2O12/c37-16-26-31(42)33(44)29(40)24(47-26)7-3-18-1-5-20-21-6-2-19(4-8-25-30(41)34(45)32(43)27(17-38)48-25)14-23(21)36(22(20)13-18)15-28(39)35-9-11-46-12-10-35/h1-2,5-6,13-14,24-34,37-45H,9-12,15-17H2/t24-,25-,26-,27-,28?,29-,30-,31-,32-,33-,34-/m1/s1. The molecule has 3 saturated heterocycles. The molecule has 14 nitrogen and oxygen atoms in total. The van der Waals surface area contributed by atoms with E-state index in [-0.39, 0.29) is 6.54 Å². The lowest BCUT2D eigenvalue weighted by molar-refractivity contribution is -0.214. The van der Waals surface area contributed by atoms with Gasteiger partial charge in [-0.15, -0.1) is 0 Å². The van der Waals surface area contributed by atoms with Gasteiger partial charge in [0.25, 0.3) is 0 Å². The maximum atomic E-state index is 11.3. The fraction of sp³-hybridized carbons (Fsp3) is 0.529. The van der Waals surface area contributed by atoms with Crippen molar-refractivity contribution in [2.75, 3.05) is 39.5 Å². The minimum Gasteiger partial charge on any atom is -0.394 e. The molecule has 14 heteroatoms. The molecule has 0 spiro atoms. The van der Waals surface area contributed by atoms with Gasteiger partial charge in [-0.2, -0.15) is 0 Å². The maximum Gasteiger partial charge on any atom is 0.147 e. The lowest BCUT2D eigenvalue weighted by Crippen LogP contribution is -2.58. The number of fused-ring (bicyclic) bond motifs is 3. The van der Waals surface area contributed by atoms with Gasteiger partial charge in [-0.1, -0.05) is 35.8 Å². The third kappa shape index (κ3) is 6.82. The third-order valence-electron chi connectivity index (χ3n) is 9.18. The van der Waals surface area contributed by atoms with Gasteiger partial charge in [0.05, 0.1) is 44.0 Å². The molecule has 4 heterocycles. The molecule has 9 N–H and O–H groups in total. The van der Waals surface area contributed by atoms with Gasteiger partial charge in [0.1, 0.15) is 67.3 Å². The van der Waals surface area contributed by atoms with Crippen LogP contribution in [0.15, 0.2) is 36.4 Å². The highest BCUT2D eigenvalue weighted by Gasteiger charge is 2.43. The van der Waals surface area contributed by atoms with E-state index < -0.39 is 80.5 Å². The van der Waals surface area contributed by atoms with Gasteiger partial charge in [0.15, 0.2) is 0 Å². The summed E-state index contributed by atoms with van der Waals surface area (Å²) in [6.07, 6.45) is -14.3. The van der Waals surface area contributed by atoms with E-state index in [1.165, 1.54) is 0 Å². The summed E-state index contributed by atoms with van der Waals surface area (Å²) in [7, 11) is 0. The van der Waals surface area contributed by atoms with Crippen molar-refractivity contribution >= 4 is 21.8 Å². The summed E-state index contributed by atoms with van der Waals surface area (Å²) in [5.74, 6) is 11.5. The SMILES string of the molecule is OC[C@H]1O[C@H](C#Cc2ccc3c4ccc(C#C[C@H]5O[C@H](CO)[C@@H](O)[C@H](O)[C@@H]5O)cc4n(CC(O)N4CCOCC4)c3c2)[C@@H](O)[C@@H](O)[C@@H]1O. The van der Waals surface area contributed by atoms with Crippen LogP contribution in [0.3, 0.4) is 0 Å². The lowest BCUT2D eigenvalue weighted by Gasteiger charge is -2.37. The summed E-state index contributed by atoms with van der Waals surface area (Å²) >= 11 is 0. The number of rotatable bonds is 5. The first-order valence-corrected chi connectivity index (χ1v) is 15.8. The Morgan fingerprint density at radius 1 is 0.667 bits per heavy atom. The Balaban J connectivity index is 1.36. The second-order valence-corrected chi connectivity index (χ2v) is 12.2. The first kappa shape index (κ1) is 34.7. The molecule has 3 fully saturated rings. The monoisotopic (exact) mass is 668 g/mol. The van der Waals surface area contributed by atoms with E-state index in [2.05, 4.69) is 23.7 Å². The lowest BCUT2D eigenvalue weighted by atomic mass is 9.95. The van der Waals surface area contributed by atoms with Crippen LogP contribution >= 0.6 is 0 Å². The van der Waals surface area contributed by atoms with E-state index in [0.717, 1.165) is 21.8 Å². The molecule has 1 unspecified atom stereocenters. The largest absolute Gasteiger partial charge is 0.394 e. The summed E-state index contributed by atoms with van der Waals surface area (Å²) in [4.78, 5) is 1.92. The molecule has 48 heavy (non-hydrogen) atoms. The fourth-order valence-electron chi connectivity index (χ4n) is 6.35. The smallest absolute Gasteiger partial charge is 0.147 e. The maximum absolute atomic E-state index is 11.3. The van der Waals surface area contributed by atoms with E-state index >= 15 is 0 Å². The minimum absolute atomic E-state index is 0.188. The first-order valence-electron chi connectivity index (χ1n) is 15.8. The zero-order valence-corrected chi connectivity index (χ0v) is 25.9. The number of nitrogens with zero attached hydrogens (tertiary/aromatic N) is 2. The van der Waals surface area contributed by atoms with Crippen molar-refractivity contribution in [3.05, 3.63) is 47.5 Å². The Morgan fingerprint density at radius 3 is 1.56 bits per heavy atom. The topological polar surface area (TPSA) is 218 Å². The molecule has 0 aliphatic carbocycles. The molecular weight excluding hydrogens is 628 g/mol. The highest BCUT2D eigenvalue weighted by molar-refractivity contribution is 6.08. The van der Waals surface area contributed by atoms with Crippen molar-refractivity contribution < 1.29 is 60.2 Å². The van der Waals surface area contributed by atoms with Crippen molar-refractivity contribution in [2.45, 2.75) is 73.8 Å². The quantitative estimate of drug-likeness (QED) is 0.123. The predicted octanol–water partition coefficient (Wildman–Crippen LogP) is -3.17. The van der Waals surface area contributed by atoms with Crippen LogP contribution in [-0.2, 0) is 20.8 Å². The molecule has 0 amide bonds. The Bertz CT molecular complexity index is 1600. The van der Waals surface area contributed by atoms with Crippen LogP contribution < -0.4 is 0 Å². The summed E-state index contributed by atoms with van der Waals surface area (Å²) in [5, 5.41) is 93.3. The summed E-state index contributed by atoms with van der Waals surface area (Å²) in [5.41, 5.74) is 2.59. The van der Waals surface area contributed by atoms with Crippen LogP contribution in [-0.4, -0.2) is 162 Å². The number of ether oxygens (including phenoxy) is 3. The molecule has 2 aromatic carbocycles. The van der Waals surface area contributed by atoms with Gasteiger partial charge < -0.3 is 64.7 Å². The molecule has 6 rings (SSSR count). The van der Waals surface area contributed by atoms with Crippen LogP contribution in [0, 0.1) is 23.7 Å². The van der Waals surface area contributed by atoms with Gasteiger partial charge in [0.2, 0.25) is 0 Å². The van der Waals surface area contributed by atoms with Gasteiger partial charge in [-0.25, -0.2) is 0 Å². The average Bonchev–Trinajstić information content (AvgIpc) is 3.41. The average molecular weight is 669 g/mol. The third-order valence-corrected chi connectivity index (χ3v) is 9.18. The van der Waals surface area contributed by atoms with E-state index in [9.17, 15) is 46.0 Å². The second-order valence-electron chi connectivity index (χ2n) is 12.2. The number of aliphatic hydroxyl groups excluding tert-OH is 9. The number of hydrogen-bond acceptors (Lipinski definition) is 13. The van der Waals surface area contributed by atoms with Crippen molar-refractivity contribution in [2.24, 2.45) is 0 Å². The highest BCUT2D eigenvalue weighted by atomic mass is 16.6. The number of hydrogen-bond donors (Lipinski definition) is 9. The first-order chi connectivity index (χ1) is 23.1. The Kier molecular flexibility index (Phi) is 10.7. The van der Waals surface area contributed by atoms with Gasteiger partial charge >= 0.3 is 0 Å². The second kappa shape index (κ2) is 14.8. The van der Waals surface area contributed by atoms with Gasteiger partial charge in [-0.05, 0) is 24.3 Å². The Labute approximate surface area is 275 Å². The van der Waals surface area contributed by atoms with E-state index in [4.69, 9.17) is 14.2 Å². The van der Waals surface area contributed by atoms with Crippen molar-refractivity contribution in [1.82, 2.24) is 9.47 Å². The molecule has 0 saturated carbocycles. The zero-order valence-electron chi connectivity index (χ0n) is 25.9. The number of aliphatic hydroxyl groups is 9. The molecule has 3 aromatic rings. The summed E-state index contributed by atoms with van der Waals surface area (Å²) in [6.45, 7) is 1.19. The number of benzene rings is 2. The van der Waals surface area contributed by atoms with Gasteiger partial charge in [0, 0.05) is 35.0 Å². The predicted molar refractivity (Wildman–Crippen MR) is 169 cm³/mol. The zero-order chi connectivity index (χ0) is 34.1. The number of morpholine rings is 1. The van der Waals surface area contributed by atoms with Crippen LogP contribution in [0.25, 0.3) is 21.8 Å². The van der Waals surface area contributed by atoms with Crippen LogP contribution in [0.1, 0.15) is 11.1 Å². The van der Waals surface area contributed by atoms with E-state index in [1.807, 2.05) is 33.7 Å². The molecule has 3 aliphatic heterocycles. The molecule has 3 aliphatic rings. The molecule has 0 radical (unpaired) electrons. The van der Waals surface area contributed by atoms with Crippen molar-refractivity contribution in [3.8, 4) is 23.7 Å². The number of aromatic nitrogens is 1. The highest BCUT2D eigenvalue weighted by Crippen LogP contribution is 2.31. The Morgan fingerprint density at radius 2 is 1.12 bits per heavy atom. The molecular formula is C34H40N2O12. The molecule has 258 valence electrons. The van der Waals surface area contributed by atoms with Crippen molar-refractivity contribution in [1.29, 1.82) is 0 Å². The minimum atomic E-state index is -1.54. The molecule has 11 atom stereocenters. The van der Waals surface area contributed by atoms with Crippen LogP contribution in [0.2, 0.25) is 0 Å². The van der Waals surface area contributed by atoms with E-state index in [1.54, 1.807) is 12.1 Å². The van der Waals surface area contributed by atoms with Gasteiger partial charge in [-0.3, -0.25) is 4.90 Å².